The predicted octanol–water partition coefficient (Wildman–Crippen LogP) is 16.1. The van der Waals surface area contributed by atoms with Crippen LogP contribution in [0.1, 0.15) is 281 Å². The van der Waals surface area contributed by atoms with Crippen LogP contribution in [0.3, 0.4) is 0 Å². The fraction of sp³-hybridized carbons (Fsp3) is 1.00. The van der Waals surface area contributed by atoms with Crippen LogP contribution < -0.4 is 5.32 Å². The number of aliphatic hydroxyl groups excluding tert-OH is 5. The molecule has 72 heavy (non-hydrogen) atoms. The van der Waals surface area contributed by atoms with Crippen molar-refractivity contribution in [3.05, 3.63) is 0 Å². The first-order valence-electron chi connectivity index (χ1n) is 28.1. The molecule has 10 nitrogen and oxygen atoms in total. The molecule has 0 aromatic rings. The standard InChI is InChI=1S/C5H13N.C5H10O.2C5H12O.C5H10.3C5H12.C4H11N.3C4H10O.2C3H8O/c1-4-6-5(2)3;1-4(6)5-2-3-5;1-5(2,3)6-4;1-4(2)5(3)6;1-5(2)3-4-5;2*1-5(2,3)4;2*1-4-5(2)3;1-4(2)5-3;1-4(2,3)5;1-3-4(2)5;2*1-3(2)4/h5-6H,4H2,1-3H3;4-6H,2-3H2,1H3;1-4H3;4-6H,1-3H3;3-4H2,1-2H3;2*1-4H3;5H,4H2,1-3H3;4H2,1-3H3;4H,1-3H3;5H,1-3H3;4-5H,3H2,1-2H3;2*3-4H,1-2H3/t;4-;;5-;;;;;;;;4-;;/m.0.0.......0../s1. The molecule has 0 saturated heterocycles. The van der Waals surface area contributed by atoms with Gasteiger partial charge in [0.15, 0.2) is 0 Å². The Hall–Kier alpha value is -0.400. The van der Waals surface area contributed by atoms with Crippen molar-refractivity contribution < 1.29 is 40.1 Å². The van der Waals surface area contributed by atoms with Crippen molar-refractivity contribution in [1.82, 2.24) is 10.2 Å². The first-order valence-corrected chi connectivity index (χ1v) is 28.1. The van der Waals surface area contributed by atoms with Gasteiger partial charge in [-0.1, -0.05) is 145 Å². The molecular weight excluding hydrogens is 901 g/mol. The van der Waals surface area contributed by atoms with E-state index in [2.05, 4.69) is 142 Å². The maximum absolute atomic E-state index is 8.69. The Bertz CT molecular complexity index is 786. The van der Waals surface area contributed by atoms with E-state index in [9.17, 15) is 0 Å². The zero-order chi connectivity index (χ0) is 61.6. The van der Waals surface area contributed by atoms with Crippen LogP contribution in [-0.2, 0) is 9.47 Å². The molecule has 456 valence electrons. The minimum atomic E-state index is -0.500. The number of nitrogens with one attached hydrogen (secondary N) is 1. The van der Waals surface area contributed by atoms with Crippen LogP contribution in [0.5, 0.6) is 0 Å². The van der Waals surface area contributed by atoms with Gasteiger partial charge in [0, 0.05) is 32.5 Å². The lowest BCUT2D eigenvalue weighted by Crippen LogP contribution is -2.21. The van der Waals surface area contributed by atoms with Gasteiger partial charge in [-0.2, -0.15) is 0 Å². The van der Waals surface area contributed by atoms with Gasteiger partial charge in [-0.3, -0.25) is 0 Å². The number of aliphatic hydroxyl groups is 6. The third-order valence-electron chi connectivity index (χ3n) is 7.25. The zero-order valence-electron chi connectivity index (χ0n) is 57.4. The lowest BCUT2D eigenvalue weighted by Gasteiger charge is -2.14. The van der Waals surface area contributed by atoms with Gasteiger partial charge >= 0.3 is 0 Å². The molecule has 2 fully saturated rings. The SMILES string of the molecule is CC(C)(C)C.CC(C)(C)C.CC(C)(C)O.CC(C)O.CC(C)O.CC(C)[C@H](C)O.CC1(C)CC1.CCC(C)C.CCN(C)C.CCNC(C)C.CC[C@H](C)O.COC(C)(C)C.COC(C)C.C[C@H](O)C1CC1. The Kier molecular flexibility index (Phi) is 88.1. The molecule has 0 radical (unpaired) electrons. The first kappa shape index (κ1) is 100. The minimum Gasteiger partial charge on any atom is -0.394 e. The van der Waals surface area contributed by atoms with E-state index < -0.39 is 5.60 Å². The summed E-state index contributed by atoms with van der Waals surface area (Å²) in [6.45, 7) is 73.0. The first-order chi connectivity index (χ1) is 31.5. The van der Waals surface area contributed by atoms with Gasteiger partial charge in [-0.25, -0.2) is 0 Å². The second-order valence-electron chi connectivity index (χ2n) is 26.9. The third kappa shape index (κ3) is 374. The van der Waals surface area contributed by atoms with Crippen LogP contribution in [0.2, 0.25) is 0 Å². The molecule has 0 aromatic carbocycles. The van der Waals surface area contributed by atoms with Gasteiger partial charge < -0.3 is 50.3 Å². The van der Waals surface area contributed by atoms with Crippen molar-refractivity contribution in [1.29, 1.82) is 0 Å². The van der Waals surface area contributed by atoms with E-state index in [0.717, 1.165) is 30.8 Å². The fourth-order valence-electron chi connectivity index (χ4n) is 1.24. The summed E-state index contributed by atoms with van der Waals surface area (Å²) in [4.78, 5) is 2.12. The second kappa shape index (κ2) is 63.1. The zero-order valence-corrected chi connectivity index (χ0v) is 57.4. The molecule has 2 rings (SSSR count). The molecular formula is C62H150N2O8. The van der Waals surface area contributed by atoms with E-state index in [1.165, 1.54) is 32.1 Å². The maximum Gasteiger partial charge on any atom is 0.0594 e. The Morgan fingerprint density at radius 1 is 0.569 bits per heavy atom. The highest BCUT2D eigenvalue weighted by Crippen LogP contribution is 2.43. The number of rotatable bonds is 8. The highest BCUT2D eigenvalue weighted by Gasteiger charge is 2.30. The Balaban J connectivity index is -0.0000000539. The molecule has 7 N–H and O–H groups in total. The number of hydrogen-bond donors (Lipinski definition) is 7. The second-order valence-corrected chi connectivity index (χ2v) is 26.9. The van der Waals surface area contributed by atoms with Gasteiger partial charge in [0.2, 0.25) is 0 Å². The average Bonchev–Trinajstić information content (AvgIpc) is 4.08. The van der Waals surface area contributed by atoms with Crippen molar-refractivity contribution in [2.24, 2.45) is 34.0 Å². The predicted molar refractivity (Wildman–Crippen MR) is 330 cm³/mol. The van der Waals surface area contributed by atoms with Crippen LogP contribution in [0.15, 0.2) is 0 Å². The summed E-state index contributed by atoms with van der Waals surface area (Å²) >= 11 is 0. The largest absolute Gasteiger partial charge is 0.394 e. The molecule has 0 aromatic heterocycles. The van der Waals surface area contributed by atoms with Gasteiger partial charge in [-0.05, 0) is 197 Å². The van der Waals surface area contributed by atoms with E-state index in [1.807, 2.05) is 62.3 Å². The highest BCUT2D eigenvalue weighted by atomic mass is 16.5. The van der Waals surface area contributed by atoms with Crippen LogP contribution in [0.4, 0.5) is 0 Å². The minimum absolute atomic E-state index is 0.0370. The maximum atomic E-state index is 8.69. The van der Waals surface area contributed by atoms with Crippen LogP contribution in [0, 0.1) is 34.0 Å². The molecule has 0 unspecified atom stereocenters. The Labute approximate surface area is 458 Å². The molecule has 10 heteroatoms. The van der Waals surface area contributed by atoms with Crippen LogP contribution in [-0.4, -0.2) is 131 Å². The molecule has 3 atom stereocenters. The quantitative estimate of drug-likeness (QED) is 0.125. The van der Waals surface area contributed by atoms with E-state index in [1.54, 1.807) is 76.5 Å². The molecule has 0 bridgehead atoms. The van der Waals surface area contributed by atoms with Crippen molar-refractivity contribution >= 4 is 0 Å². The molecule has 0 spiro atoms. The molecule has 0 heterocycles. The molecule has 2 saturated carbocycles. The lowest BCUT2D eigenvalue weighted by atomic mass is 10.0. The topological polar surface area (TPSA) is 155 Å². The number of hydrogen-bond acceptors (Lipinski definition) is 10. The van der Waals surface area contributed by atoms with Gasteiger partial charge in [0.1, 0.15) is 0 Å². The molecule has 2 aliphatic rings. The number of nitrogens with zero attached hydrogens (tertiary/aromatic N) is 1. The third-order valence-corrected chi connectivity index (χ3v) is 7.25. The van der Waals surface area contributed by atoms with Gasteiger partial charge in [0.05, 0.1) is 35.6 Å². The number of methoxy groups -OCH3 is 2. The Morgan fingerprint density at radius 3 is 0.750 bits per heavy atom. The summed E-state index contributed by atoms with van der Waals surface area (Å²) in [5.74, 6) is 1.95. The van der Waals surface area contributed by atoms with Crippen molar-refractivity contribution in [2.45, 2.75) is 335 Å². The fourth-order valence-corrected chi connectivity index (χ4v) is 1.24. The van der Waals surface area contributed by atoms with Crippen LogP contribution >= 0.6 is 0 Å². The summed E-state index contributed by atoms with van der Waals surface area (Å²) < 4.78 is 9.69. The Morgan fingerprint density at radius 2 is 0.750 bits per heavy atom. The molecule has 0 aliphatic heterocycles. The van der Waals surface area contributed by atoms with Crippen LogP contribution in [0.25, 0.3) is 0 Å². The summed E-state index contributed by atoms with van der Waals surface area (Å²) in [6.07, 6.45) is 7.31. The van der Waals surface area contributed by atoms with Crippen molar-refractivity contribution in [3.63, 3.8) is 0 Å². The van der Waals surface area contributed by atoms with Gasteiger partial charge in [0.25, 0.3) is 0 Å². The smallest absolute Gasteiger partial charge is 0.0594 e. The van der Waals surface area contributed by atoms with E-state index in [4.69, 9.17) is 40.1 Å². The van der Waals surface area contributed by atoms with Gasteiger partial charge in [-0.15, -0.1) is 0 Å². The van der Waals surface area contributed by atoms with Crippen molar-refractivity contribution in [3.8, 4) is 0 Å². The summed E-state index contributed by atoms with van der Waals surface area (Å²) in [6, 6.07) is 0.648. The summed E-state index contributed by atoms with van der Waals surface area (Å²) in [7, 11) is 7.52. The van der Waals surface area contributed by atoms with E-state index in [-0.39, 0.29) is 36.1 Å². The summed E-state index contributed by atoms with van der Waals surface area (Å²) in [5, 5.41) is 53.5. The molecule has 0 amide bonds. The molecule has 2 aliphatic carbocycles. The van der Waals surface area contributed by atoms with E-state index in [0.29, 0.717) is 34.8 Å². The monoisotopic (exact) mass is 1050 g/mol. The number of ether oxygens (including phenoxy) is 2. The lowest BCUT2D eigenvalue weighted by molar-refractivity contribution is 0.0397. The highest BCUT2D eigenvalue weighted by molar-refractivity contribution is 4.82. The van der Waals surface area contributed by atoms with Crippen molar-refractivity contribution in [2.75, 3.05) is 41.4 Å². The van der Waals surface area contributed by atoms with E-state index >= 15 is 0 Å². The summed E-state index contributed by atoms with van der Waals surface area (Å²) in [5.41, 5.74) is 1.29. The normalized spacial score (nSPS) is 14.0. The average molecular weight is 1050 g/mol.